The zero-order valence-corrected chi connectivity index (χ0v) is 22.5. The van der Waals surface area contributed by atoms with Gasteiger partial charge in [-0.25, -0.2) is 8.42 Å². The fourth-order valence-electron chi connectivity index (χ4n) is 3.97. The summed E-state index contributed by atoms with van der Waals surface area (Å²) >= 11 is 5.90. The van der Waals surface area contributed by atoms with Crippen molar-refractivity contribution in [2.45, 2.75) is 42.5 Å². The Bertz CT molecular complexity index is 1380. The number of amides is 1. The number of carbonyl (C=O) groups excluding carboxylic acids is 1. The van der Waals surface area contributed by atoms with Gasteiger partial charge in [-0.2, -0.15) is 4.72 Å². The van der Waals surface area contributed by atoms with Crippen molar-refractivity contribution in [3.63, 3.8) is 0 Å². The van der Waals surface area contributed by atoms with E-state index in [9.17, 15) is 33.0 Å². The molecule has 0 heterocycles. The Morgan fingerprint density at radius 1 is 0.795 bits per heavy atom. The molecular formula is C28H29ClN2O7S. The van der Waals surface area contributed by atoms with Gasteiger partial charge in [-0.3, -0.25) is 14.4 Å². The summed E-state index contributed by atoms with van der Waals surface area (Å²) in [5.74, 6) is -3.55. The minimum atomic E-state index is -4.11. The lowest BCUT2D eigenvalue weighted by molar-refractivity contribution is -0.140. The number of hydrogen-bond donors (Lipinski definition) is 4. The minimum absolute atomic E-state index is 0.0210. The van der Waals surface area contributed by atoms with Gasteiger partial charge in [0.05, 0.1) is 10.8 Å². The van der Waals surface area contributed by atoms with Crippen LogP contribution in [-0.4, -0.2) is 49.1 Å². The van der Waals surface area contributed by atoms with Crippen LogP contribution in [0.25, 0.3) is 11.1 Å². The van der Waals surface area contributed by atoms with Gasteiger partial charge in [0.1, 0.15) is 6.04 Å². The molecule has 0 aliphatic heterocycles. The summed E-state index contributed by atoms with van der Waals surface area (Å²) in [6, 6.07) is 20.3. The molecule has 0 aliphatic rings. The number of sulfonamides is 1. The second kappa shape index (κ2) is 13.9. The molecule has 206 valence electrons. The third-order valence-electron chi connectivity index (χ3n) is 6.09. The van der Waals surface area contributed by atoms with E-state index in [4.69, 9.17) is 11.6 Å². The monoisotopic (exact) mass is 572 g/mol. The highest BCUT2D eigenvalue weighted by Gasteiger charge is 2.25. The van der Waals surface area contributed by atoms with Gasteiger partial charge in [0, 0.05) is 18.0 Å². The Balaban J connectivity index is 1.49. The molecule has 0 aliphatic carbocycles. The molecule has 0 radical (unpaired) electrons. The normalized spacial score (nSPS) is 12.8. The zero-order valence-electron chi connectivity index (χ0n) is 20.9. The SMILES string of the molecule is O=C(CC[C@@H](C(=O)O)c1ccccc1)NCCC[C@H](NS(=O)(=O)c1ccc(-c2ccc(Cl)cc2)cc1)C(=O)O. The molecule has 4 N–H and O–H groups in total. The molecule has 1 amide bonds. The molecule has 3 rings (SSSR count). The van der Waals surface area contributed by atoms with Gasteiger partial charge in [0.25, 0.3) is 0 Å². The van der Waals surface area contributed by atoms with Crippen molar-refractivity contribution in [2.24, 2.45) is 0 Å². The van der Waals surface area contributed by atoms with Crippen LogP contribution in [0.5, 0.6) is 0 Å². The van der Waals surface area contributed by atoms with E-state index in [0.717, 1.165) is 11.1 Å². The van der Waals surface area contributed by atoms with Gasteiger partial charge in [-0.15, -0.1) is 0 Å². The van der Waals surface area contributed by atoms with E-state index in [0.29, 0.717) is 10.6 Å². The smallest absolute Gasteiger partial charge is 0.321 e. The highest BCUT2D eigenvalue weighted by molar-refractivity contribution is 7.89. The van der Waals surface area contributed by atoms with Gasteiger partial charge in [0.15, 0.2) is 0 Å². The van der Waals surface area contributed by atoms with Crippen molar-refractivity contribution < 1.29 is 33.0 Å². The first-order valence-electron chi connectivity index (χ1n) is 12.2. The average Bonchev–Trinajstić information content (AvgIpc) is 2.91. The third kappa shape index (κ3) is 8.91. The van der Waals surface area contributed by atoms with Crippen molar-refractivity contribution >= 4 is 39.5 Å². The first-order valence-corrected chi connectivity index (χ1v) is 14.1. The summed E-state index contributed by atoms with van der Waals surface area (Å²) < 4.78 is 27.8. The Hall–Kier alpha value is -3.73. The number of carbonyl (C=O) groups is 3. The fraction of sp³-hybridized carbons (Fsp3) is 0.250. The number of nitrogens with one attached hydrogen (secondary N) is 2. The van der Waals surface area contributed by atoms with Crippen molar-refractivity contribution in [3.05, 3.63) is 89.4 Å². The lowest BCUT2D eigenvalue weighted by Gasteiger charge is -2.16. The quantitative estimate of drug-likeness (QED) is 0.210. The summed E-state index contributed by atoms with van der Waals surface area (Å²) in [5.41, 5.74) is 2.23. The summed E-state index contributed by atoms with van der Waals surface area (Å²) in [5, 5.41) is 22.2. The lowest BCUT2D eigenvalue weighted by atomic mass is 9.94. The van der Waals surface area contributed by atoms with Crippen LogP contribution in [0.4, 0.5) is 0 Å². The van der Waals surface area contributed by atoms with Crippen LogP contribution in [0.2, 0.25) is 5.02 Å². The van der Waals surface area contributed by atoms with E-state index in [1.807, 2.05) is 0 Å². The summed E-state index contributed by atoms with van der Waals surface area (Å²) in [7, 11) is -4.11. The molecule has 39 heavy (non-hydrogen) atoms. The van der Waals surface area contributed by atoms with Gasteiger partial charge in [0.2, 0.25) is 15.9 Å². The summed E-state index contributed by atoms with van der Waals surface area (Å²) in [4.78, 5) is 35.4. The van der Waals surface area contributed by atoms with Gasteiger partial charge in [-0.05, 0) is 60.2 Å². The molecule has 2 atom stereocenters. The first kappa shape index (κ1) is 29.8. The largest absolute Gasteiger partial charge is 0.481 e. The molecule has 0 saturated carbocycles. The molecule has 0 unspecified atom stereocenters. The molecule has 3 aromatic carbocycles. The molecule has 0 spiro atoms. The lowest BCUT2D eigenvalue weighted by Crippen LogP contribution is -2.41. The molecule has 0 aromatic heterocycles. The third-order valence-corrected chi connectivity index (χ3v) is 7.83. The summed E-state index contributed by atoms with van der Waals surface area (Å²) in [6.07, 6.45) is 0.230. The predicted octanol–water partition coefficient (Wildman–Crippen LogP) is 4.28. The Kier molecular flexibility index (Phi) is 10.6. The first-order chi connectivity index (χ1) is 18.6. The van der Waals surface area contributed by atoms with E-state index in [1.165, 1.54) is 12.1 Å². The van der Waals surface area contributed by atoms with Crippen LogP contribution >= 0.6 is 11.6 Å². The molecule has 9 nitrogen and oxygen atoms in total. The van der Waals surface area contributed by atoms with Crippen LogP contribution in [0.3, 0.4) is 0 Å². The molecule has 0 saturated heterocycles. The zero-order chi connectivity index (χ0) is 28.4. The van der Waals surface area contributed by atoms with Crippen LogP contribution in [-0.2, 0) is 24.4 Å². The average molecular weight is 573 g/mol. The molecule has 3 aromatic rings. The number of hydrogen-bond acceptors (Lipinski definition) is 5. The van der Waals surface area contributed by atoms with Crippen LogP contribution < -0.4 is 10.0 Å². The Morgan fingerprint density at radius 3 is 1.95 bits per heavy atom. The number of halogens is 1. The maximum atomic E-state index is 12.8. The van der Waals surface area contributed by atoms with Crippen molar-refractivity contribution in [3.8, 4) is 11.1 Å². The molecular weight excluding hydrogens is 544 g/mol. The molecule has 11 heteroatoms. The molecule has 0 fully saturated rings. The van der Waals surface area contributed by atoms with E-state index in [2.05, 4.69) is 10.0 Å². The van der Waals surface area contributed by atoms with Gasteiger partial charge in [-0.1, -0.05) is 66.2 Å². The summed E-state index contributed by atoms with van der Waals surface area (Å²) in [6.45, 7) is 0.114. The maximum Gasteiger partial charge on any atom is 0.321 e. The number of aliphatic carboxylic acids is 2. The predicted molar refractivity (Wildman–Crippen MR) is 147 cm³/mol. The number of benzene rings is 3. The van der Waals surface area contributed by atoms with E-state index in [-0.39, 0.29) is 43.0 Å². The second-order valence-corrected chi connectivity index (χ2v) is 11.0. The molecule has 0 bridgehead atoms. The number of carboxylic acids is 2. The van der Waals surface area contributed by atoms with Gasteiger partial charge < -0.3 is 15.5 Å². The van der Waals surface area contributed by atoms with E-state index in [1.54, 1.807) is 66.7 Å². The van der Waals surface area contributed by atoms with E-state index < -0.39 is 33.9 Å². The second-order valence-electron chi connectivity index (χ2n) is 8.88. The Labute approximate surface area is 231 Å². The number of carboxylic acid groups (broad SMARTS) is 2. The van der Waals surface area contributed by atoms with Crippen LogP contribution in [0.15, 0.2) is 83.8 Å². The van der Waals surface area contributed by atoms with E-state index >= 15 is 0 Å². The highest BCUT2D eigenvalue weighted by atomic mass is 35.5. The van der Waals surface area contributed by atoms with Crippen LogP contribution in [0.1, 0.15) is 37.2 Å². The van der Waals surface area contributed by atoms with Crippen molar-refractivity contribution in [1.82, 2.24) is 10.0 Å². The maximum absolute atomic E-state index is 12.8. The minimum Gasteiger partial charge on any atom is -0.481 e. The van der Waals surface area contributed by atoms with Crippen molar-refractivity contribution in [1.29, 1.82) is 0 Å². The topological polar surface area (TPSA) is 150 Å². The van der Waals surface area contributed by atoms with Gasteiger partial charge >= 0.3 is 11.9 Å². The standard InChI is InChI=1S/C28H29ClN2O7S/c29-22-12-8-19(9-13-22)20-10-14-23(15-11-20)39(37,38)31-25(28(35)36)7-4-18-30-26(32)17-16-24(27(33)34)21-5-2-1-3-6-21/h1-3,5-6,8-15,24-25,31H,4,7,16-18H2,(H,30,32)(H,33,34)(H,35,36)/t24-,25+/m1/s1. The Morgan fingerprint density at radius 2 is 1.38 bits per heavy atom. The van der Waals surface area contributed by atoms with Crippen molar-refractivity contribution in [2.75, 3.05) is 6.54 Å². The highest BCUT2D eigenvalue weighted by Crippen LogP contribution is 2.24. The van der Waals surface area contributed by atoms with Crippen LogP contribution in [0, 0.1) is 0 Å². The number of rotatable bonds is 14. The fourth-order valence-corrected chi connectivity index (χ4v) is 5.32.